The Morgan fingerprint density at radius 1 is 1.08 bits per heavy atom. The second-order valence-corrected chi connectivity index (χ2v) is 8.83. The van der Waals surface area contributed by atoms with Gasteiger partial charge in [-0.05, 0) is 66.8 Å². The predicted octanol–water partition coefficient (Wildman–Crippen LogP) is 4.47. The zero-order valence-corrected chi connectivity index (χ0v) is 20.8. The number of pyridine rings is 2. The van der Waals surface area contributed by atoms with Crippen molar-refractivity contribution in [3.63, 3.8) is 0 Å². The molecule has 3 aromatic heterocycles. The Balaban J connectivity index is 1.61. The zero-order valence-electron chi connectivity index (χ0n) is 20.0. The van der Waals surface area contributed by atoms with Crippen LogP contribution in [-0.4, -0.2) is 32.7 Å². The van der Waals surface area contributed by atoms with E-state index in [0.717, 1.165) is 22.8 Å². The van der Waals surface area contributed by atoms with E-state index in [-0.39, 0.29) is 18.0 Å². The quantitative estimate of drug-likeness (QED) is 0.364. The number of rotatable bonds is 7. The molecule has 9 heteroatoms. The molecule has 4 heterocycles. The highest BCUT2D eigenvalue weighted by molar-refractivity contribution is 7.80. The van der Waals surface area contributed by atoms with Crippen molar-refractivity contribution < 1.29 is 9.53 Å². The molecule has 0 spiro atoms. The molecule has 1 aliphatic rings. The fraction of sp³-hybridized carbons (Fsp3) is 0.185. The lowest BCUT2D eigenvalue weighted by Crippen LogP contribution is -2.30. The summed E-state index contributed by atoms with van der Waals surface area (Å²) in [5, 5.41) is 6.91. The summed E-state index contributed by atoms with van der Waals surface area (Å²) in [5.41, 5.74) is 4.30. The van der Waals surface area contributed by atoms with Crippen molar-refractivity contribution in [2.75, 3.05) is 17.3 Å². The highest BCUT2D eigenvalue weighted by atomic mass is 32.1. The molecular formula is C27H26N6O2S. The summed E-state index contributed by atoms with van der Waals surface area (Å²) in [5.74, 6) is 0.392. The molecule has 1 amide bonds. The van der Waals surface area contributed by atoms with Gasteiger partial charge in [0, 0.05) is 36.9 Å². The molecule has 0 saturated carbocycles. The average molecular weight is 499 g/mol. The van der Waals surface area contributed by atoms with Crippen LogP contribution in [-0.2, 0) is 11.3 Å². The van der Waals surface area contributed by atoms with Crippen LogP contribution in [0.3, 0.4) is 0 Å². The number of carbonyl (C=O) groups is 1. The van der Waals surface area contributed by atoms with E-state index in [2.05, 4.69) is 42.3 Å². The topological polar surface area (TPSA) is 84.3 Å². The van der Waals surface area contributed by atoms with E-state index in [0.29, 0.717) is 23.1 Å². The lowest BCUT2D eigenvalue weighted by molar-refractivity contribution is -0.114. The van der Waals surface area contributed by atoms with Gasteiger partial charge in [0.15, 0.2) is 5.11 Å². The number of hydrogen-bond donors (Lipinski definition) is 2. The zero-order chi connectivity index (χ0) is 25.1. The third-order valence-corrected chi connectivity index (χ3v) is 6.41. The molecule has 0 bridgehead atoms. The Morgan fingerprint density at radius 3 is 2.58 bits per heavy atom. The third-order valence-electron chi connectivity index (χ3n) is 6.10. The maximum absolute atomic E-state index is 11.8. The van der Waals surface area contributed by atoms with Gasteiger partial charge in [0.1, 0.15) is 11.8 Å². The van der Waals surface area contributed by atoms with E-state index in [9.17, 15) is 4.79 Å². The monoisotopic (exact) mass is 498 g/mol. The maximum Gasteiger partial charge on any atom is 0.221 e. The van der Waals surface area contributed by atoms with E-state index >= 15 is 0 Å². The largest absolute Gasteiger partial charge is 0.495 e. The summed E-state index contributed by atoms with van der Waals surface area (Å²) >= 11 is 5.86. The molecule has 182 valence electrons. The van der Waals surface area contributed by atoms with Gasteiger partial charge in [-0.15, -0.1) is 0 Å². The van der Waals surface area contributed by atoms with Crippen molar-refractivity contribution in [3.8, 4) is 5.75 Å². The number of nitrogens with one attached hydrogen (secondary N) is 2. The lowest BCUT2D eigenvalue weighted by Gasteiger charge is -2.29. The molecule has 2 atom stereocenters. The smallest absolute Gasteiger partial charge is 0.221 e. The van der Waals surface area contributed by atoms with Gasteiger partial charge >= 0.3 is 0 Å². The van der Waals surface area contributed by atoms with E-state index in [1.54, 1.807) is 19.5 Å². The van der Waals surface area contributed by atoms with Crippen molar-refractivity contribution in [2.45, 2.75) is 25.6 Å². The highest BCUT2D eigenvalue weighted by Gasteiger charge is 2.42. The maximum atomic E-state index is 11.8. The molecule has 1 fully saturated rings. The number of ether oxygens (including phenoxy) is 1. The minimum absolute atomic E-state index is 0.181. The molecular weight excluding hydrogens is 472 g/mol. The van der Waals surface area contributed by atoms with Crippen LogP contribution in [0.15, 0.2) is 85.3 Å². The predicted molar refractivity (Wildman–Crippen MR) is 143 cm³/mol. The number of nitrogens with zero attached hydrogens (tertiary/aromatic N) is 4. The van der Waals surface area contributed by atoms with Gasteiger partial charge in [0.05, 0.1) is 36.8 Å². The summed E-state index contributed by atoms with van der Waals surface area (Å²) in [4.78, 5) is 23.1. The molecule has 1 aromatic carbocycles. The summed E-state index contributed by atoms with van der Waals surface area (Å²) in [6.07, 6.45) is 5.64. The lowest BCUT2D eigenvalue weighted by atomic mass is 10.0. The van der Waals surface area contributed by atoms with Gasteiger partial charge in [-0.2, -0.15) is 0 Å². The van der Waals surface area contributed by atoms with Crippen LogP contribution < -0.4 is 20.3 Å². The van der Waals surface area contributed by atoms with Gasteiger partial charge in [-0.1, -0.05) is 12.1 Å². The number of anilines is 2. The first-order valence-electron chi connectivity index (χ1n) is 11.6. The number of aromatic nitrogens is 3. The number of thiocarbonyl (C=S) groups is 1. The van der Waals surface area contributed by atoms with Crippen molar-refractivity contribution in [3.05, 3.63) is 102 Å². The SMILES string of the molecule is COc1ccc(N2C(=S)N[C@H](c3ccccn3)[C@H]2c2cccn2Cc2ccccn2)cc1NC(C)=O. The van der Waals surface area contributed by atoms with E-state index in [1.807, 2.05) is 60.7 Å². The van der Waals surface area contributed by atoms with Gasteiger partial charge in [-0.3, -0.25) is 14.8 Å². The Kier molecular flexibility index (Phi) is 6.64. The van der Waals surface area contributed by atoms with Crippen LogP contribution in [0.1, 0.15) is 36.1 Å². The Hall–Kier alpha value is -4.24. The third kappa shape index (κ3) is 4.65. The number of carbonyl (C=O) groups excluding carboxylic acids is 1. The first-order valence-corrected chi connectivity index (χ1v) is 12.0. The van der Waals surface area contributed by atoms with Crippen molar-refractivity contribution in [2.24, 2.45) is 0 Å². The standard InChI is InChI=1S/C27H26N6O2S/c1-18(34)30-22-16-20(11-12-24(22)35-2)33-26(25(31-27(33)36)21-9-4-6-14-29-21)23-10-7-15-32(23)17-19-8-3-5-13-28-19/h3-16,25-26H,17H2,1-2H3,(H,30,34)(H,31,36)/t25-,26-/m1/s1. The summed E-state index contributed by atoms with van der Waals surface area (Å²) < 4.78 is 7.65. The van der Waals surface area contributed by atoms with E-state index in [4.69, 9.17) is 17.0 Å². The van der Waals surface area contributed by atoms with Crippen LogP contribution in [0.5, 0.6) is 5.75 Å². The van der Waals surface area contributed by atoms with Crippen LogP contribution in [0, 0.1) is 0 Å². The van der Waals surface area contributed by atoms with E-state index in [1.165, 1.54) is 6.92 Å². The van der Waals surface area contributed by atoms with Gasteiger partial charge in [0.25, 0.3) is 0 Å². The molecule has 2 N–H and O–H groups in total. The van der Waals surface area contributed by atoms with Crippen LogP contribution in [0.2, 0.25) is 0 Å². The minimum Gasteiger partial charge on any atom is -0.495 e. The van der Waals surface area contributed by atoms with Crippen molar-refractivity contribution in [1.29, 1.82) is 0 Å². The molecule has 1 aliphatic heterocycles. The molecule has 36 heavy (non-hydrogen) atoms. The second-order valence-electron chi connectivity index (χ2n) is 8.44. The second kappa shape index (κ2) is 10.2. The van der Waals surface area contributed by atoms with E-state index < -0.39 is 0 Å². The normalized spacial score (nSPS) is 17.1. The molecule has 0 unspecified atom stereocenters. The number of methoxy groups -OCH3 is 1. The number of amides is 1. The van der Waals surface area contributed by atoms with Crippen molar-refractivity contribution >= 4 is 34.6 Å². The molecule has 0 radical (unpaired) electrons. The average Bonchev–Trinajstić information content (AvgIpc) is 3.48. The van der Waals surface area contributed by atoms with Crippen LogP contribution in [0.4, 0.5) is 11.4 Å². The van der Waals surface area contributed by atoms with Gasteiger partial charge in [0.2, 0.25) is 5.91 Å². The van der Waals surface area contributed by atoms with Crippen molar-refractivity contribution in [1.82, 2.24) is 19.9 Å². The van der Waals surface area contributed by atoms with Gasteiger partial charge < -0.3 is 24.8 Å². The highest BCUT2D eigenvalue weighted by Crippen LogP contribution is 2.43. The number of hydrogen-bond acceptors (Lipinski definition) is 5. The minimum atomic E-state index is -0.204. The summed E-state index contributed by atoms with van der Waals surface area (Å²) in [6, 6.07) is 21.2. The van der Waals surface area contributed by atoms with Gasteiger partial charge in [-0.25, -0.2) is 0 Å². The Morgan fingerprint density at radius 2 is 1.89 bits per heavy atom. The summed E-state index contributed by atoms with van der Waals surface area (Å²) in [7, 11) is 1.58. The van der Waals surface area contributed by atoms with Crippen LogP contribution in [0.25, 0.3) is 0 Å². The first-order chi connectivity index (χ1) is 17.5. The Bertz CT molecular complexity index is 1380. The molecule has 5 rings (SSSR count). The molecule has 0 aliphatic carbocycles. The number of benzene rings is 1. The fourth-order valence-electron chi connectivity index (χ4n) is 4.57. The molecule has 1 saturated heterocycles. The fourth-order valence-corrected chi connectivity index (χ4v) is 4.92. The first kappa shape index (κ1) is 23.5. The van der Waals surface area contributed by atoms with Crippen LogP contribution >= 0.6 is 12.2 Å². The Labute approximate surface area is 215 Å². The summed E-state index contributed by atoms with van der Waals surface area (Å²) in [6.45, 7) is 2.09. The molecule has 8 nitrogen and oxygen atoms in total. The molecule has 4 aromatic rings.